The van der Waals surface area contributed by atoms with E-state index >= 15 is 0 Å². The van der Waals surface area contributed by atoms with Crippen molar-refractivity contribution >= 4 is 17.5 Å². The molecule has 3 aliphatic rings. The second kappa shape index (κ2) is 7.26. The lowest BCUT2D eigenvalue weighted by Gasteiger charge is -2.59. The van der Waals surface area contributed by atoms with Gasteiger partial charge in [-0.15, -0.1) is 0 Å². The Morgan fingerprint density at radius 1 is 1.10 bits per heavy atom. The Balaban J connectivity index is 1.50. The molecule has 1 saturated carbocycles. The number of carbonyl (C=O) groups excluding carboxylic acids is 2. The summed E-state index contributed by atoms with van der Waals surface area (Å²) in [4.78, 5) is 34.2. The lowest BCUT2D eigenvalue weighted by Crippen LogP contribution is -2.71. The van der Waals surface area contributed by atoms with E-state index in [2.05, 4.69) is 4.98 Å². The van der Waals surface area contributed by atoms with Crippen LogP contribution in [0.2, 0.25) is 0 Å². The maximum Gasteiger partial charge on any atom is 0.256 e. The average Bonchev–Trinajstić information content (AvgIpc) is 3.29. The molecule has 1 aromatic carbocycles. The summed E-state index contributed by atoms with van der Waals surface area (Å²) >= 11 is 0. The molecule has 6 nitrogen and oxygen atoms in total. The number of benzene rings is 1. The minimum Gasteiger partial charge on any atom is -0.394 e. The highest BCUT2D eigenvalue weighted by molar-refractivity contribution is 5.99. The van der Waals surface area contributed by atoms with Crippen molar-refractivity contribution in [1.82, 2.24) is 9.88 Å². The summed E-state index contributed by atoms with van der Waals surface area (Å²) in [5, 5.41) is 10.1. The fourth-order valence-corrected chi connectivity index (χ4v) is 5.41. The second-order valence-corrected chi connectivity index (χ2v) is 8.29. The SMILES string of the molecule is O=C(C1CCCC1)N1C[C@@H]2[C@H](c3ccccc31)[C@H](CO)N2C(=O)c1cccnc1. The Labute approximate surface area is 170 Å². The predicted octanol–water partition coefficient (Wildman–Crippen LogP) is 2.59. The summed E-state index contributed by atoms with van der Waals surface area (Å²) in [6.07, 6.45) is 7.30. The molecule has 1 aromatic heterocycles. The van der Waals surface area contributed by atoms with E-state index in [1.165, 1.54) is 0 Å². The second-order valence-electron chi connectivity index (χ2n) is 8.29. The topological polar surface area (TPSA) is 73.7 Å². The van der Waals surface area contributed by atoms with Crippen LogP contribution >= 0.6 is 0 Å². The molecule has 3 atom stereocenters. The van der Waals surface area contributed by atoms with Crippen LogP contribution < -0.4 is 4.90 Å². The molecule has 3 heterocycles. The van der Waals surface area contributed by atoms with Crippen molar-refractivity contribution in [2.75, 3.05) is 18.1 Å². The summed E-state index contributed by atoms with van der Waals surface area (Å²) < 4.78 is 0. The van der Waals surface area contributed by atoms with Gasteiger partial charge in [0.15, 0.2) is 0 Å². The van der Waals surface area contributed by atoms with E-state index in [0.29, 0.717) is 12.1 Å². The smallest absolute Gasteiger partial charge is 0.256 e. The van der Waals surface area contributed by atoms with Crippen LogP contribution in [-0.2, 0) is 4.79 Å². The lowest BCUT2D eigenvalue weighted by molar-refractivity contribution is -0.123. The number of hydrogen-bond acceptors (Lipinski definition) is 4. The number of carbonyl (C=O) groups is 2. The maximum absolute atomic E-state index is 13.3. The van der Waals surface area contributed by atoms with E-state index in [4.69, 9.17) is 0 Å². The van der Waals surface area contributed by atoms with Gasteiger partial charge in [-0.1, -0.05) is 31.0 Å². The molecule has 0 bridgehead atoms. The minimum atomic E-state index is -0.280. The third-order valence-corrected chi connectivity index (χ3v) is 6.80. The molecule has 1 aliphatic carbocycles. The molecular formula is C23H25N3O3. The normalized spacial score (nSPS) is 25.9. The van der Waals surface area contributed by atoms with Gasteiger partial charge in [0.2, 0.25) is 5.91 Å². The van der Waals surface area contributed by atoms with Crippen LogP contribution in [0.15, 0.2) is 48.8 Å². The molecule has 1 saturated heterocycles. The summed E-state index contributed by atoms with van der Waals surface area (Å²) in [6.45, 7) is 0.386. The van der Waals surface area contributed by atoms with Gasteiger partial charge in [-0.3, -0.25) is 14.6 Å². The first kappa shape index (κ1) is 18.3. The number of aliphatic hydroxyl groups excluding tert-OH is 1. The predicted molar refractivity (Wildman–Crippen MR) is 109 cm³/mol. The third-order valence-electron chi connectivity index (χ3n) is 6.80. The number of pyridine rings is 1. The number of aliphatic hydroxyl groups is 1. The molecule has 150 valence electrons. The molecule has 0 unspecified atom stereocenters. The van der Waals surface area contributed by atoms with Crippen LogP contribution in [0.4, 0.5) is 5.69 Å². The Morgan fingerprint density at radius 3 is 2.62 bits per heavy atom. The number of fused-ring (bicyclic) bond motifs is 3. The Morgan fingerprint density at radius 2 is 1.90 bits per heavy atom. The van der Waals surface area contributed by atoms with Crippen molar-refractivity contribution < 1.29 is 14.7 Å². The maximum atomic E-state index is 13.3. The molecule has 2 fully saturated rings. The zero-order chi connectivity index (χ0) is 20.0. The van der Waals surface area contributed by atoms with E-state index in [1.807, 2.05) is 29.2 Å². The van der Waals surface area contributed by atoms with E-state index in [-0.39, 0.29) is 42.3 Å². The number of aromatic nitrogens is 1. The quantitative estimate of drug-likeness (QED) is 0.873. The fourth-order valence-electron chi connectivity index (χ4n) is 5.41. The molecule has 0 radical (unpaired) electrons. The Bertz CT molecular complexity index is 926. The average molecular weight is 391 g/mol. The van der Waals surface area contributed by atoms with Crippen molar-refractivity contribution in [2.45, 2.75) is 43.7 Å². The van der Waals surface area contributed by atoms with Crippen molar-refractivity contribution in [2.24, 2.45) is 5.92 Å². The van der Waals surface area contributed by atoms with Crippen molar-refractivity contribution in [1.29, 1.82) is 0 Å². The summed E-state index contributed by atoms with van der Waals surface area (Å²) in [6, 6.07) is 11.0. The van der Waals surface area contributed by atoms with Gasteiger partial charge < -0.3 is 14.9 Å². The Kier molecular flexibility index (Phi) is 4.59. The van der Waals surface area contributed by atoms with E-state index in [1.54, 1.807) is 29.4 Å². The number of amides is 2. The summed E-state index contributed by atoms with van der Waals surface area (Å²) in [5.74, 6) is 0.168. The van der Waals surface area contributed by atoms with E-state index in [9.17, 15) is 14.7 Å². The number of para-hydroxylation sites is 1. The lowest BCUT2D eigenvalue weighted by atomic mass is 9.71. The molecule has 2 amide bonds. The van der Waals surface area contributed by atoms with Gasteiger partial charge in [0, 0.05) is 36.5 Å². The van der Waals surface area contributed by atoms with Gasteiger partial charge in [0.05, 0.1) is 24.3 Å². The summed E-state index contributed by atoms with van der Waals surface area (Å²) in [7, 11) is 0. The minimum absolute atomic E-state index is 0.0458. The van der Waals surface area contributed by atoms with Crippen molar-refractivity contribution in [3.63, 3.8) is 0 Å². The number of likely N-dealkylation sites (tertiary alicyclic amines) is 1. The van der Waals surface area contributed by atoms with Crippen LogP contribution in [0, 0.1) is 5.92 Å². The zero-order valence-corrected chi connectivity index (χ0v) is 16.3. The molecule has 0 spiro atoms. The molecule has 29 heavy (non-hydrogen) atoms. The molecular weight excluding hydrogens is 366 g/mol. The number of anilines is 1. The van der Waals surface area contributed by atoms with Crippen LogP contribution in [0.1, 0.15) is 47.5 Å². The van der Waals surface area contributed by atoms with Crippen molar-refractivity contribution in [3.8, 4) is 0 Å². The van der Waals surface area contributed by atoms with E-state index in [0.717, 1.165) is 36.9 Å². The van der Waals surface area contributed by atoms with Gasteiger partial charge >= 0.3 is 0 Å². The number of hydrogen-bond donors (Lipinski definition) is 1. The van der Waals surface area contributed by atoms with Crippen LogP contribution in [-0.4, -0.2) is 52.0 Å². The summed E-state index contributed by atoms with van der Waals surface area (Å²) in [5.41, 5.74) is 2.51. The standard InChI is InChI=1S/C23H25N3O3/c27-14-20-21-17-9-3-4-10-18(17)25(22(28)15-6-1-2-7-15)13-19(21)26(20)23(29)16-8-5-11-24-12-16/h3-5,8-12,15,19-21,27H,1-2,6-7,13-14H2/t19-,20+,21+/m1/s1. The molecule has 5 rings (SSSR count). The third kappa shape index (κ3) is 2.85. The van der Waals surface area contributed by atoms with Crippen molar-refractivity contribution in [3.05, 3.63) is 59.9 Å². The van der Waals surface area contributed by atoms with Gasteiger partial charge in [-0.2, -0.15) is 0 Å². The van der Waals surface area contributed by atoms with Crippen LogP contribution in [0.25, 0.3) is 0 Å². The molecule has 2 aromatic rings. The van der Waals surface area contributed by atoms with Crippen LogP contribution in [0.5, 0.6) is 0 Å². The fraction of sp³-hybridized carbons (Fsp3) is 0.435. The highest BCUT2D eigenvalue weighted by atomic mass is 16.3. The first-order valence-electron chi connectivity index (χ1n) is 10.4. The highest BCUT2D eigenvalue weighted by Crippen LogP contribution is 2.49. The first-order chi connectivity index (χ1) is 14.2. The van der Waals surface area contributed by atoms with E-state index < -0.39 is 0 Å². The molecule has 2 aliphatic heterocycles. The monoisotopic (exact) mass is 391 g/mol. The number of nitrogens with zero attached hydrogens (tertiary/aromatic N) is 3. The molecule has 6 heteroatoms. The van der Waals surface area contributed by atoms with Gasteiger partial charge in [0.25, 0.3) is 5.91 Å². The first-order valence-corrected chi connectivity index (χ1v) is 10.4. The molecule has 1 N–H and O–H groups in total. The highest BCUT2D eigenvalue weighted by Gasteiger charge is 2.55. The zero-order valence-electron chi connectivity index (χ0n) is 16.3. The van der Waals surface area contributed by atoms with Crippen LogP contribution in [0.3, 0.4) is 0 Å². The van der Waals surface area contributed by atoms with Gasteiger partial charge in [-0.25, -0.2) is 0 Å². The van der Waals surface area contributed by atoms with Gasteiger partial charge in [-0.05, 0) is 36.6 Å². The van der Waals surface area contributed by atoms with Gasteiger partial charge in [0.1, 0.15) is 0 Å². The number of rotatable bonds is 3. The largest absolute Gasteiger partial charge is 0.394 e. The Hall–Kier alpha value is -2.73.